The highest BCUT2D eigenvalue weighted by Crippen LogP contribution is 2.21. The minimum Gasteiger partial charge on any atom is -0.251 e. The summed E-state index contributed by atoms with van der Waals surface area (Å²) in [6.07, 6.45) is 1.08. The fraction of sp³-hybridized carbons (Fsp3) is 0.0833. The molecule has 18 heavy (non-hydrogen) atoms. The molecule has 0 saturated heterocycles. The van der Waals surface area contributed by atoms with Crippen molar-refractivity contribution >= 4 is 17.2 Å². The number of aromatic nitrogens is 4. The number of hydrogen-bond donors (Lipinski definition) is 0. The zero-order valence-corrected chi connectivity index (χ0v) is 10.2. The van der Waals surface area contributed by atoms with Crippen LogP contribution in [0.1, 0.15) is 5.69 Å². The number of nitrogens with zero attached hydrogens (tertiary/aromatic N) is 4. The molecule has 0 aliphatic rings. The fourth-order valence-electron chi connectivity index (χ4n) is 1.72. The van der Waals surface area contributed by atoms with Gasteiger partial charge in [-0.25, -0.2) is 13.9 Å². The second-order valence-corrected chi connectivity index (χ2v) is 4.24. The maximum Gasteiger partial charge on any atom is 0.193 e. The van der Waals surface area contributed by atoms with Gasteiger partial charge >= 0.3 is 0 Å². The minimum absolute atomic E-state index is 0.0980. The van der Waals surface area contributed by atoms with E-state index in [1.807, 2.05) is 19.1 Å². The summed E-state index contributed by atoms with van der Waals surface area (Å²) in [5.41, 5.74) is 2.13. The number of pyridine rings is 1. The lowest BCUT2D eigenvalue weighted by Crippen LogP contribution is -1.96. The Labute approximate surface area is 107 Å². The van der Waals surface area contributed by atoms with Crippen LogP contribution in [0, 0.1) is 12.7 Å². The van der Waals surface area contributed by atoms with Crippen molar-refractivity contribution in [3.8, 4) is 11.4 Å². The molecular weight excluding hydrogens is 255 g/mol. The molecule has 4 nitrogen and oxygen atoms in total. The zero-order valence-electron chi connectivity index (χ0n) is 9.43. The van der Waals surface area contributed by atoms with Gasteiger partial charge in [-0.05, 0) is 19.1 Å². The summed E-state index contributed by atoms with van der Waals surface area (Å²) in [7, 11) is 0. The molecule has 0 unspecified atom stereocenters. The van der Waals surface area contributed by atoms with E-state index in [1.54, 1.807) is 12.1 Å². The van der Waals surface area contributed by atoms with Gasteiger partial charge in [0, 0.05) is 11.8 Å². The first-order valence-corrected chi connectivity index (χ1v) is 5.67. The van der Waals surface area contributed by atoms with Crippen LogP contribution in [-0.4, -0.2) is 19.6 Å². The second-order valence-electron chi connectivity index (χ2n) is 3.86. The molecule has 3 heterocycles. The summed E-state index contributed by atoms with van der Waals surface area (Å²) in [5, 5.41) is 4.09. The third kappa shape index (κ3) is 1.73. The molecule has 3 aromatic rings. The highest BCUT2D eigenvalue weighted by molar-refractivity contribution is 6.29. The molecule has 0 fully saturated rings. The molecule has 6 heteroatoms. The Balaban J connectivity index is 2.27. The largest absolute Gasteiger partial charge is 0.251 e. The predicted octanol–water partition coefficient (Wildman–Crippen LogP) is 2.89. The number of rotatable bonds is 1. The van der Waals surface area contributed by atoms with E-state index in [1.165, 1.54) is 4.52 Å². The molecule has 3 rings (SSSR count). The number of halogens is 2. The average Bonchev–Trinajstić information content (AvgIpc) is 2.72. The van der Waals surface area contributed by atoms with Crippen LogP contribution in [0.2, 0.25) is 5.15 Å². The Morgan fingerprint density at radius 2 is 2.06 bits per heavy atom. The minimum atomic E-state index is -0.508. The topological polar surface area (TPSA) is 43.1 Å². The van der Waals surface area contributed by atoms with Crippen LogP contribution in [0.5, 0.6) is 0 Å². The smallest absolute Gasteiger partial charge is 0.193 e. The van der Waals surface area contributed by atoms with Crippen molar-refractivity contribution in [1.82, 2.24) is 19.6 Å². The van der Waals surface area contributed by atoms with Crippen molar-refractivity contribution in [2.75, 3.05) is 0 Å². The summed E-state index contributed by atoms with van der Waals surface area (Å²) in [6, 6.07) is 7.16. The fourth-order valence-corrected chi connectivity index (χ4v) is 1.94. The lowest BCUT2D eigenvalue weighted by atomic mass is 10.2. The van der Waals surface area contributed by atoms with E-state index in [-0.39, 0.29) is 5.65 Å². The molecule has 0 N–H and O–H groups in total. The Morgan fingerprint density at radius 3 is 2.83 bits per heavy atom. The Bertz CT molecular complexity index is 738. The highest BCUT2D eigenvalue weighted by atomic mass is 35.5. The van der Waals surface area contributed by atoms with Crippen molar-refractivity contribution in [3.05, 3.63) is 47.1 Å². The van der Waals surface area contributed by atoms with Crippen LogP contribution in [0.15, 0.2) is 30.5 Å². The number of aryl methyl sites for hydroxylation is 1. The molecule has 0 aliphatic carbocycles. The monoisotopic (exact) mass is 262 g/mol. The average molecular weight is 263 g/mol. The summed E-state index contributed by atoms with van der Waals surface area (Å²) >= 11 is 6.03. The van der Waals surface area contributed by atoms with Crippen molar-refractivity contribution in [3.63, 3.8) is 0 Å². The molecule has 0 saturated carbocycles. The Morgan fingerprint density at radius 1 is 1.22 bits per heavy atom. The molecule has 0 bridgehead atoms. The lowest BCUT2D eigenvalue weighted by molar-refractivity contribution is 0.636. The molecule has 0 radical (unpaired) electrons. The number of hydrogen-bond acceptors (Lipinski definition) is 3. The highest BCUT2D eigenvalue weighted by Gasteiger charge is 2.11. The molecule has 0 spiro atoms. The van der Waals surface area contributed by atoms with Gasteiger partial charge in [0.1, 0.15) is 5.15 Å². The normalized spacial score (nSPS) is 11.1. The van der Waals surface area contributed by atoms with Crippen molar-refractivity contribution in [2.45, 2.75) is 6.92 Å². The van der Waals surface area contributed by atoms with Gasteiger partial charge in [-0.1, -0.05) is 17.7 Å². The first-order chi connectivity index (χ1) is 8.65. The predicted molar refractivity (Wildman–Crippen MR) is 65.9 cm³/mol. The van der Waals surface area contributed by atoms with Crippen molar-refractivity contribution < 1.29 is 4.39 Å². The molecule has 0 aliphatic heterocycles. The first kappa shape index (κ1) is 11.1. The van der Waals surface area contributed by atoms with Gasteiger partial charge in [0.05, 0.1) is 17.6 Å². The van der Waals surface area contributed by atoms with E-state index in [0.717, 1.165) is 11.9 Å². The van der Waals surface area contributed by atoms with Gasteiger partial charge in [0.25, 0.3) is 0 Å². The molecule has 0 aromatic carbocycles. The summed E-state index contributed by atoms with van der Waals surface area (Å²) in [4.78, 5) is 8.52. The maximum atomic E-state index is 13.5. The third-order valence-corrected chi connectivity index (χ3v) is 2.81. The molecular formula is C12H8ClFN4. The van der Waals surface area contributed by atoms with E-state index in [0.29, 0.717) is 16.5 Å². The van der Waals surface area contributed by atoms with Gasteiger partial charge < -0.3 is 0 Å². The summed E-state index contributed by atoms with van der Waals surface area (Å²) in [5.74, 6) is -0.508. The van der Waals surface area contributed by atoms with Gasteiger partial charge in [-0.15, -0.1) is 0 Å². The molecule has 90 valence electrons. The van der Waals surface area contributed by atoms with E-state index in [2.05, 4.69) is 15.1 Å². The van der Waals surface area contributed by atoms with Crippen LogP contribution in [0.25, 0.3) is 17.0 Å². The van der Waals surface area contributed by atoms with E-state index < -0.39 is 5.82 Å². The second kappa shape index (κ2) is 4.03. The van der Waals surface area contributed by atoms with Crippen LogP contribution in [0.4, 0.5) is 4.39 Å². The standard InChI is InChI=1S/C12H8ClFN4/c1-7-3-2-4-9(16-7)10-5-11(13)18-12(17-10)8(14)6-15-18/h2-6H,1H3. The van der Waals surface area contributed by atoms with Gasteiger partial charge in [0.2, 0.25) is 0 Å². The molecule has 3 aromatic heterocycles. The summed E-state index contributed by atoms with van der Waals surface area (Å²) in [6.45, 7) is 1.88. The van der Waals surface area contributed by atoms with E-state index in [9.17, 15) is 4.39 Å². The van der Waals surface area contributed by atoms with Gasteiger partial charge in [0.15, 0.2) is 11.5 Å². The van der Waals surface area contributed by atoms with Crippen LogP contribution >= 0.6 is 11.6 Å². The summed E-state index contributed by atoms with van der Waals surface area (Å²) < 4.78 is 14.7. The van der Waals surface area contributed by atoms with Crippen molar-refractivity contribution in [2.24, 2.45) is 0 Å². The van der Waals surface area contributed by atoms with Crippen LogP contribution in [0.3, 0.4) is 0 Å². The third-order valence-electron chi connectivity index (χ3n) is 2.54. The maximum absolute atomic E-state index is 13.5. The van der Waals surface area contributed by atoms with Crippen molar-refractivity contribution in [1.29, 1.82) is 0 Å². The zero-order chi connectivity index (χ0) is 12.7. The van der Waals surface area contributed by atoms with E-state index in [4.69, 9.17) is 11.6 Å². The van der Waals surface area contributed by atoms with Crippen LogP contribution < -0.4 is 0 Å². The van der Waals surface area contributed by atoms with E-state index >= 15 is 0 Å². The first-order valence-electron chi connectivity index (χ1n) is 5.29. The SMILES string of the molecule is Cc1cccc(-c2cc(Cl)n3ncc(F)c3n2)n1. The van der Waals surface area contributed by atoms with Crippen LogP contribution in [-0.2, 0) is 0 Å². The van der Waals surface area contributed by atoms with Gasteiger partial charge in [-0.2, -0.15) is 5.10 Å². The molecule has 0 atom stereocenters. The molecule has 0 amide bonds. The van der Waals surface area contributed by atoms with Gasteiger partial charge in [-0.3, -0.25) is 4.98 Å². The lowest BCUT2D eigenvalue weighted by Gasteiger charge is -2.03. The quantitative estimate of drug-likeness (QED) is 0.634. The Kier molecular flexibility index (Phi) is 2.48. The Hall–Kier alpha value is -2.01. The number of fused-ring (bicyclic) bond motifs is 1.